The topological polar surface area (TPSA) is 38.0 Å². The Labute approximate surface area is 96.8 Å². The van der Waals surface area contributed by atoms with Crippen molar-refractivity contribution in [1.29, 1.82) is 0 Å². The third kappa shape index (κ3) is 2.06. The largest absolute Gasteiger partial charge is 0.396 e. The van der Waals surface area contributed by atoms with E-state index in [0.717, 1.165) is 28.5 Å². The van der Waals surface area contributed by atoms with Crippen LogP contribution in [-0.4, -0.2) is 21.5 Å². The molecule has 2 aromatic rings. The van der Waals surface area contributed by atoms with Gasteiger partial charge in [0, 0.05) is 23.5 Å². The van der Waals surface area contributed by atoms with Crippen LogP contribution in [0.4, 0.5) is 0 Å². The lowest BCUT2D eigenvalue weighted by molar-refractivity contribution is 0.288. The number of halogens is 1. The van der Waals surface area contributed by atoms with E-state index in [1.54, 1.807) is 0 Å². The normalized spacial score (nSPS) is 11.1. The molecule has 0 aliphatic rings. The van der Waals surface area contributed by atoms with Gasteiger partial charge in [-0.1, -0.05) is 15.9 Å². The molecular formula is C11H13BrN2O. The van der Waals surface area contributed by atoms with Crippen molar-refractivity contribution in [3.05, 3.63) is 28.4 Å². The Bertz CT molecular complexity index is 479. The van der Waals surface area contributed by atoms with Crippen molar-refractivity contribution < 1.29 is 5.11 Å². The van der Waals surface area contributed by atoms with E-state index in [-0.39, 0.29) is 6.61 Å². The first-order chi connectivity index (χ1) is 7.22. The average molecular weight is 269 g/mol. The van der Waals surface area contributed by atoms with Gasteiger partial charge in [-0.25, -0.2) is 0 Å². The Morgan fingerprint density at radius 1 is 1.47 bits per heavy atom. The average Bonchev–Trinajstić information content (AvgIpc) is 2.53. The maximum absolute atomic E-state index is 8.81. The Morgan fingerprint density at radius 3 is 3.00 bits per heavy atom. The second-order valence-corrected chi connectivity index (χ2v) is 4.47. The molecule has 1 heterocycles. The Kier molecular flexibility index (Phi) is 3.07. The molecule has 1 aromatic carbocycles. The quantitative estimate of drug-likeness (QED) is 0.928. The fourth-order valence-electron chi connectivity index (χ4n) is 1.74. The monoisotopic (exact) mass is 268 g/mol. The predicted molar refractivity (Wildman–Crippen MR) is 63.8 cm³/mol. The number of aliphatic hydroxyl groups excluding tert-OH is 1. The molecule has 0 fully saturated rings. The third-order valence-corrected chi connectivity index (χ3v) is 2.95. The predicted octanol–water partition coefficient (Wildman–Crippen LogP) is 2.26. The molecule has 0 spiro atoms. The number of hydrogen-bond acceptors (Lipinski definition) is 2. The Balaban J connectivity index is 2.48. The van der Waals surface area contributed by atoms with Gasteiger partial charge in [0.05, 0.1) is 11.2 Å². The molecule has 1 N–H and O–H groups in total. The summed E-state index contributed by atoms with van der Waals surface area (Å²) in [5.74, 6) is 0. The van der Waals surface area contributed by atoms with Gasteiger partial charge < -0.3 is 5.11 Å². The Morgan fingerprint density at radius 2 is 2.27 bits per heavy atom. The lowest BCUT2D eigenvalue weighted by Gasteiger charge is -1.95. The summed E-state index contributed by atoms with van der Waals surface area (Å²) in [7, 11) is 1.94. The van der Waals surface area contributed by atoms with Gasteiger partial charge >= 0.3 is 0 Å². The maximum Gasteiger partial charge on any atom is 0.0704 e. The lowest BCUT2D eigenvalue weighted by atomic mass is 10.1. The van der Waals surface area contributed by atoms with Gasteiger partial charge in [-0.2, -0.15) is 5.10 Å². The Hall–Kier alpha value is -0.870. The van der Waals surface area contributed by atoms with Crippen LogP contribution in [0.2, 0.25) is 0 Å². The first kappa shape index (κ1) is 10.6. The number of nitrogens with zero attached hydrogens (tertiary/aromatic N) is 2. The minimum Gasteiger partial charge on any atom is -0.396 e. The van der Waals surface area contributed by atoms with Crippen molar-refractivity contribution in [1.82, 2.24) is 9.78 Å². The van der Waals surface area contributed by atoms with Crippen LogP contribution >= 0.6 is 15.9 Å². The smallest absolute Gasteiger partial charge is 0.0704 e. The number of hydrogen-bond donors (Lipinski definition) is 1. The van der Waals surface area contributed by atoms with E-state index in [0.29, 0.717) is 0 Å². The summed E-state index contributed by atoms with van der Waals surface area (Å²) in [6.07, 6.45) is 1.59. The van der Waals surface area contributed by atoms with Crippen molar-refractivity contribution in [2.24, 2.45) is 7.05 Å². The second kappa shape index (κ2) is 4.33. The highest BCUT2D eigenvalue weighted by molar-refractivity contribution is 9.10. The molecule has 0 radical (unpaired) electrons. The molecule has 0 amide bonds. The van der Waals surface area contributed by atoms with Crippen LogP contribution in [0.1, 0.15) is 12.1 Å². The van der Waals surface area contributed by atoms with Crippen molar-refractivity contribution in [2.45, 2.75) is 12.8 Å². The molecule has 3 nitrogen and oxygen atoms in total. The van der Waals surface area contributed by atoms with E-state index >= 15 is 0 Å². The first-order valence-corrected chi connectivity index (χ1v) is 5.73. The number of aryl methyl sites for hydroxylation is 2. The minimum atomic E-state index is 0.217. The maximum atomic E-state index is 8.81. The zero-order valence-corrected chi connectivity index (χ0v) is 10.2. The summed E-state index contributed by atoms with van der Waals surface area (Å²) in [6.45, 7) is 0.217. The highest BCUT2D eigenvalue weighted by Crippen LogP contribution is 2.22. The summed E-state index contributed by atoms with van der Waals surface area (Å²) in [6, 6.07) is 6.15. The van der Waals surface area contributed by atoms with Gasteiger partial charge in [-0.3, -0.25) is 4.68 Å². The van der Waals surface area contributed by atoms with E-state index in [1.807, 2.05) is 17.8 Å². The molecule has 0 saturated carbocycles. The second-order valence-electron chi connectivity index (χ2n) is 3.56. The number of aliphatic hydroxyl groups is 1. The van der Waals surface area contributed by atoms with E-state index in [4.69, 9.17) is 5.11 Å². The van der Waals surface area contributed by atoms with E-state index in [9.17, 15) is 0 Å². The van der Waals surface area contributed by atoms with Crippen molar-refractivity contribution >= 4 is 26.8 Å². The number of rotatable bonds is 3. The molecule has 2 rings (SSSR count). The molecule has 4 heteroatoms. The molecule has 0 unspecified atom stereocenters. The van der Waals surface area contributed by atoms with Crippen LogP contribution in [0, 0.1) is 0 Å². The fourth-order valence-corrected chi connectivity index (χ4v) is 2.09. The number of benzene rings is 1. The fraction of sp³-hybridized carbons (Fsp3) is 0.364. The molecule has 0 aliphatic carbocycles. The van der Waals surface area contributed by atoms with E-state index in [2.05, 4.69) is 33.2 Å². The van der Waals surface area contributed by atoms with Crippen molar-refractivity contribution in [3.63, 3.8) is 0 Å². The third-order valence-electron chi connectivity index (χ3n) is 2.46. The molecular weight excluding hydrogens is 256 g/mol. The lowest BCUT2D eigenvalue weighted by Crippen LogP contribution is -1.93. The molecule has 1 aromatic heterocycles. The number of aromatic nitrogens is 2. The van der Waals surface area contributed by atoms with Crippen LogP contribution in [0.3, 0.4) is 0 Å². The van der Waals surface area contributed by atoms with Crippen LogP contribution in [-0.2, 0) is 13.5 Å². The van der Waals surface area contributed by atoms with E-state index in [1.165, 1.54) is 5.39 Å². The van der Waals surface area contributed by atoms with Gasteiger partial charge in [-0.15, -0.1) is 0 Å². The standard InChI is InChI=1S/C11H13BrN2O/c1-14-11-7-8(12)4-5-9(11)10(13-14)3-2-6-15/h4-5,7,15H,2-3,6H2,1H3. The van der Waals surface area contributed by atoms with Crippen LogP contribution in [0.5, 0.6) is 0 Å². The SMILES string of the molecule is Cn1nc(CCCO)c2ccc(Br)cc21. The summed E-state index contributed by atoms with van der Waals surface area (Å²) in [5, 5.41) is 14.4. The van der Waals surface area contributed by atoms with Gasteiger partial charge in [-0.05, 0) is 31.0 Å². The number of fused-ring (bicyclic) bond motifs is 1. The highest BCUT2D eigenvalue weighted by atomic mass is 79.9. The summed E-state index contributed by atoms with van der Waals surface area (Å²) < 4.78 is 2.94. The van der Waals surface area contributed by atoms with Crippen LogP contribution in [0.25, 0.3) is 10.9 Å². The van der Waals surface area contributed by atoms with Gasteiger partial charge in [0.15, 0.2) is 0 Å². The summed E-state index contributed by atoms with van der Waals surface area (Å²) in [4.78, 5) is 0. The van der Waals surface area contributed by atoms with Gasteiger partial charge in [0.2, 0.25) is 0 Å². The molecule has 15 heavy (non-hydrogen) atoms. The van der Waals surface area contributed by atoms with Gasteiger partial charge in [0.25, 0.3) is 0 Å². The molecule has 0 atom stereocenters. The molecule has 0 aliphatic heterocycles. The van der Waals surface area contributed by atoms with Gasteiger partial charge in [0.1, 0.15) is 0 Å². The first-order valence-electron chi connectivity index (χ1n) is 4.94. The van der Waals surface area contributed by atoms with Crippen LogP contribution < -0.4 is 0 Å². The van der Waals surface area contributed by atoms with Crippen molar-refractivity contribution in [2.75, 3.05) is 6.61 Å². The van der Waals surface area contributed by atoms with E-state index < -0.39 is 0 Å². The zero-order valence-electron chi connectivity index (χ0n) is 8.57. The van der Waals surface area contributed by atoms with Crippen LogP contribution in [0.15, 0.2) is 22.7 Å². The van der Waals surface area contributed by atoms with Crippen molar-refractivity contribution in [3.8, 4) is 0 Å². The molecule has 0 saturated heterocycles. The zero-order chi connectivity index (χ0) is 10.8. The minimum absolute atomic E-state index is 0.217. The molecule has 80 valence electrons. The summed E-state index contributed by atoms with van der Waals surface area (Å²) >= 11 is 3.45. The highest BCUT2D eigenvalue weighted by Gasteiger charge is 2.07. The molecule has 0 bridgehead atoms. The summed E-state index contributed by atoms with van der Waals surface area (Å²) in [5.41, 5.74) is 2.19.